The van der Waals surface area contributed by atoms with Crippen LogP contribution in [-0.4, -0.2) is 79.5 Å². The molecule has 5 atom stereocenters. The maximum Gasteiger partial charge on any atom is 0.335 e. The number of aliphatic hydroxyl groups is 3. The highest BCUT2D eigenvalue weighted by Gasteiger charge is 2.48. The lowest BCUT2D eigenvalue weighted by Gasteiger charge is -2.38. The van der Waals surface area contributed by atoms with Crippen LogP contribution in [0.25, 0.3) is 22.3 Å². The molecule has 0 aliphatic carbocycles. The first-order chi connectivity index (χ1) is 16.5. The summed E-state index contributed by atoms with van der Waals surface area (Å²) >= 11 is 0. The van der Waals surface area contributed by atoms with Crippen LogP contribution in [0.4, 0.5) is 0 Å². The standard InChI is InChI=1S/C22H20O13/c1-32-18-9(24)6-10-11(12(18)25)13(26)19(17(33-10)7-2-4-8(23)5-3-7)34-22-16(29)14(27)15(28)20(35-22)21(30)31/h2-6,14-16,20,22-25,27-29H,1H3,(H,30,31)/t14-,15-,16+,20-,22+/m0/s1. The molecule has 3 aromatic rings. The van der Waals surface area contributed by atoms with E-state index in [2.05, 4.69) is 0 Å². The quantitative estimate of drug-likeness (QED) is 0.247. The predicted molar refractivity (Wildman–Crippen MR) is 114 cm³/mol. The number of carboxylic acids is 1. The number of methoxy groups -OCH3 is 1. The van der Waals surface area contributed by atoms with Gasteiger partial charge in [0.15, 0.2) is 23.4 Å². The lowest BCUT2D eigenvalue weighted by atomic mass is 9.99. The van der Waals surface area contributed by atoms with Crippen molar-refractivity contribution in [3.63, 3.8) is 0 Å². The van der Waals surface area contributed by atoms with Crippen molar-refractivity contribution in [3.8, 4) is 40.1 Å². The van der Waals surface area contributed by atoms with Gasteiger partial charge < -0.3 is 54.4 Å². The van der Waals surface area contributed by atoms with Crippen molar-refractivity contribution in [3.05, 3.63) is 40.6 Å². The number of ether oxygens (including phenoxy) is 3. The SMILES string of the molecule is COc1c(O)cc2oc(-c3ccc(O)cc3)c(O[C@@H]3O[C@H](C(=O)O)[C@@H](O)[C@H](O)[C@H]3O)c(=O)c2c1O. The van der Waals surface area contributed by atoms with Crippen molar-refractivity contribution in [2.45, 2.75) is 30.7 Å². The molecule has 1 fully saturated rings. The first-order valence-electron chi connectivity index (χ1n) is 10.0. The smallest absolute Gasteiger partial charge is 0.335 e. The first-order valence-corrected chi connectivity index (χ1v) is 10.0. The Morgan fingerprint density at radius 3 is 2.23 bits per heavy atom. The van der Waals surface area contributed by atoms with Gasteiger partial charge in [-0.2, -0.15) is 0 Å². The molecule has 0 amide bonds. The molecule has 0 unspecified atom stereocenters. The van der Waals surface area contributed by atoms with Crippen molar-refractivity contribution in [1.82, 2.24) is 0 Å². The average molecular weight is 492 g/mol. The van der Waals surface area contributed by atoms with Gasteiger partial charge in [0.25, 0.3) is 0 Å². The number of rotatable bonds is 5. The Labute approximate surface area is 195 Å². The predicted octanol–water partition coefficient (Wildman–Crippen LogP) is -0.144. The van der Waals surface area contributed by atoms with Crippen LogP contribution in [0.2, 0.25) is 0 Å². The van der Waals surface area contributed by atoms with Crippen LogP contribution in [0.15, 0.2) is 39.5 Å². The maximum absolute atomic E-state index is 13.4. The molecule has 186 valence electrons. The molecule has 4 rings (SSSR count). The van der Waals surface area contributed by atoms with Gasteiger partial charge in [-0.25, -0.2) is 4.79 Å². The van der Waals surface area contributed by atoms with E-state index in [1.165, 1.54) is 24.3 Å². The van der Waals surface area contributed by atoms with Crippen LogP contribution in [0.1, 0.15) is 0 Å². The van der Waals surface area contributed by atoms with Crippen LogP contribution in [0.5, 0.6) is 28.7 Å². The molecule has 1 aromatic heterocycles. The molecule has 35 heavy (non-hydrogen) atoms. The third-order valence-corrected chi connectivity index (χ3v) is 5.43. The van der Waals surface area contributed by atoms with E-state index < -0.39 is 70.5 Å². The molecular formula is C22H20O13. The number of benzene rings is 2. The average Bonchev–Trinajstić information content (AvgIpc) is 2.81. The lowest BCUT2D eigenvalue weighted by Crippen LogP contribution is -2.61. The van der Waals surface area contributed by atoms with Crippen molar-refractivity contribution in [1.29, 1.82) is 0 Å². The van der Waals surface area contributed by atoms with Crippen LogP contribution in [-0.2, 0) is 9.53 Å². The van der Waals surface area contributed by atoms with Crippen molar-refractivity contribution < 1.29 is 59.2 Å². The molecule has 1 saturated heterocycles. The number of hydrogen-bond acceptors (Lipinski definition) is 12. The summed E-state index contributed by atoms with van der Waals surface area (Å²) in [5, 5.41) is 69.3. The maximum atomic E-state index is 13.4. The number of phenols is 3. The number of phenolic OH excluding ortho intramolecular Hbond substituents is 3. The summed E-state index contributed by atoms with van der Waals surface area (Å²) < 4.78 is 21.2. The summed E-state index contributed by atoms with van der Waals surface area (Å²) in [4.78, 5) is 24.9. The fraction of sp³-hybridized carbons (Fsp3) is 0.273. The number of aliphatic carboxylic acids is 1. The Kier molecular flexibility index (Phi) is 6.17. The fourth-order valence-electron chi connectivity index (χ4n) is 3.66. The van der Waals surface area contributed by atoms with E-state index in [0.29, 0.717) is 0 Å². The summed E-state index contributed by atoms with van der Waals surface area (Å²) in [6.45, 7) is 0. The zero-order valence-electron chi connectivity index (χ0n) is 17.9. The summed E-state index contributed by atoms with van der Waals surface area (Å²) in [6.07, 6.45) is -9.97. The molecule has 0 radical (unpaired) electrons. The number of fused-ring (bicyclic) bond motifs is 1. The third kappa shape index (κ3) is 4.06. The third-order valence-electron chi connectivity index (χ3n) is 5.43. The van der Waals surface area contributed by atoms with Gasteiger partial charge in [-0.15, -0.1) is 0 Å². The summed E-state index contributed by atoms with van der Waals surface area (Å²) in [5.41, 5.74) is -1.16. The van der Waals surface area contributed by atoms with Gasteiger partial charge in [-0.3, -0.25) is 4.79 Å². The van der Waals surface area contributed by atoms with E-state index in [9.17, 15) is 45.3 Å². The minimum atomic E-state index is -2.01. The van der Waals surface area contributed by atoms with Gasteiger partial charge in [0.2, 0.25) is 23.2 Å². The molecule has 0 saturated carbocycles. The first kappa shape index (κ1) is 24.1. The molecule has 1 aliphatic rings. The van der Waals surface area contributed by atoms with Crippen molar-refractivity contribution >= 4 is 16.9 Å². The Morgan fingerprint density at radius 2 is 1.63 bits per heavy atom. The van der Waals surface area contributed by atoms with E-state index in [1.54, 1.807) is 0 Å². The van der Waals surface area contributed by atoms with E-state index in [0.717, 1.165) is 13.2 Å². The molecule has 0 spiro atoms. The number of carboxylic acid groups (broad SMARTS) is 1. The Hall–Kier alpha value is -4.04. The molecule has 2 heterocycles. The summed E-state index contributed by atoms with van der Waals surface area (Å²) in [6, 6.07) is 6.21. The van der Waals surface area contributed by atoms with Crippen LogP contribution in [0.3, 0.4) is 0 Å². The van der Waals surface area contributed by atoms with E-state index >= 15 is 0 Å². The van der Waals surface area contributed by atoms with Crippen LogP contribution < -0.4 is 14.9 Å². The second-order valence-electron chi connectivity index (χ2n) is 7.64. The van der Waals surface area contributed by atoms with Gasteiger partial charge in [-0.1, -0.05) is 0 Å². The number of aliphatic hydroxyl groups excluding tert-OH is 3. The molecule has 7 N–H and O–H groups in total. The van der Waals surface area contributed by atoms with Crippen molar-refractivity contribution in [2.75, 3.05) is 7.11 Å². The highest BCUT2D eigenvalue weighted by Crippen LogP contribution is 2.43. The van der Waals surface area contributed by atoms with Gasteiger partial charge in [0.05, 0.1) is 7.11 Å². The summed E-state index contributed by atoms with van der Waals surface area (Å²) in [5.74, 6) is -4.55. The molecule has 1 aliphatic heterocycles. The Bertz CT molecular complexity index is 1330. The van der Waals surface area contributed by atoms with Crippen molar-refractivity contribution in [2.24, 2.45) is 0 Å². The second kappa shape index (κ2) is 8.96. The monoisotopic (exact) mass is 492 g/mol. The highest BCUT2D eigenvalue weighted by molar-refractivity contribution is 5.91. The van der Waals surface area contributed by atoms with Crippen LogP contribution in [0, 0.1) is 0 Å². The molecule has 2 aromatic carbocycles. The van der Waals surface area contributed by atoms with E-state index in [1.807, 2.05) is 0 Å². The Morgan fingerprint density at radius 1 is 0.971 bits per heavy atom. The van der Waals surface area contributed by atoms with Gasteiger partial charge in [0, 0.05) is 11.6 Å². The van der Waals surface area contributed by atoms with E-state index in [4.69, 9.17) is 18.6 Å². The van der Waals surface area contributed by atoms with Gasteiger partial charge in [0.1, 0.15) is 35.0 Å². The number of hydrogen-bond donors (Lipinski definition) is 7. The Balaban J connectivity index is 1.93. The number of carbonyl (C=O) groups is 1. The molecular weight excluding hydrogens is 472 g/mol. The normalized spacial score (nSPS) is 24.3. The van der Waals surface area contributed by atoms with E-state index in [-0.39, 0.29) is 22.7 Å². The molecule has 13 nitrogen and oxygen atoms in total. The fourth-order valence-corrected chi connectivity index (χ4v) is 3.66. The van der Waals surface area contributed by atoms with Gasteiger partial charge in [-0.05, 0) is 24.3 Å². The minimum Gasteiger partial charge on any atom is -0.508 e. The largest absolute Gasteiger partial charge is 0.508 e. The molecule has 0 bridgehead atoms. The van der Waals surface area contributed by atoms with Crippen LogP contribution >= 0.6 is 0 Å². The molecule has 13 heteroatoms. The number of aromatic hydroxyl groups is 3. The topological polar surface area (TPSA) is 217 Å². The second-order valence-corrected chi connectivity index (χ2v) is 7.64. The zero-order valence-corrected chi connectivity index (χ0v) is 17.9. The minimum absolute atomic E-state index is 0.119. The van der Waals surface area contributed by atoms with Gasteiger partial charge >= 0.3 is 5.97 Å². The highest BCUT2D eigenvalue weighted by atomic mass is 16.7. The summed E-state index contributed by atoms with van der Waals surface area (Å²) in [7, 11) is 1.13. The lowest BCUT2D eigenvalue weighted by molar-refractivity contribution is -0.271. The zero-order chi connectivity index (χ0) is 25.6.